The third-order valence-electron chi connectivity index (χ3n) is 3.79. The average molecular weight is 284 g/mol. The molecule has 0 aliphatic carbocycles. The van der Waals surface area contributed by atoms with Gasteiger partial charge in [-0.15, -0.1) is 0 Å². The SMILES string of the molecule is CN(C)c1cccc(C(=O)N2CCc3cc(F)ccc32)c1. The molecule has 21 heavy (non-hydrogen) atoms. The molecule has 3 rings (SSSR count). The van der Waals surface area contributed by atoms with E-state index in [1.807, 2.05) is 43.3 Å². The third kappa shape index (κ3) is 2.49. The molecule has 1 amide bonds. The Balaban J connectivity index is 1.93. The largest absolute Gasteiger partial charge is 0.378 e. The van der Waals surface area contributed by atoms with Gasteiger partial charge in [0.15, 0.2) is 0 Å². The fourth-order valence-corrected chi connectivity index (χ4v) is 2.65. The zero-order valence-electron chi connectivity index (χ0n) is 12.1. The number of amides is 1. The fourth-order valence-electron chi connectivity index (χ4n) is 2.65. The first-order valence-corrected chi connectivity index (χ1v) is 6.94. The lowest BCUT2D eigenvalue weighted by molar-refractivity contribution is 0.0989. The lowest BCUT2D eigenvalue weighted by Gasteiger charge is -2.19. The van der Waals surface area contributed by atoms with Crippen molar-refractivity contribution in [3.63, 3.8) is 0 Å². The number of hydrogen-bond acceptors (Lipinski definition) is 2. The van der Waals surface area contributed by atoms with Crippen LogP contribution in [0.1, 0.15) is 15.9 Å². The Morgan fingerprint density at radius 1 is 1.19 bits per heavy atom. The topological polar surface area (TPSA) is 23.6 Å². The highest BCUT2D eigenvalue weighted by molar-refractivity contribution is 6.07. The van der Waals surface area contributed by atoms with Gasteiger partial charge in [-0.2, -0.15) is 0 Å². The molecule has 0 aromatic heterocycles. The van der Waals surface area contributed by atoms with Crippen molar-refractivity contribution in [2.24, 2.45) is 0 Å². The molecule has 2 aromatic carbocycles. The lowest BCUT2D eigenvalue weighted by atomic mass is 10.1. The second-order valence-corrected chi connectivity index (χ2v) is 5.42. The quantitative estimate of drug-likeness (QED) is 0.846. The summed E-state index contributed by atoms with van der Waals surface area (Å²) in [6.07, 6.45) is 0.701. The molecule has 1 heterocycles. The number of fused-ring (bicyclic) bond motifs is 1. The molecule has 3 nitrogen and oxygen atoms in total. The molecule has 0 radical (unpaired) electrons. The van der Waals surface area contributed by atoms with Crippen molar-refractivity contribution in [1.29, 1.82) is 0 Å². The molecule has 0 N–H and O–H groups in total. The van der Waals surface area contributed by atoms with Gasteiger partial charge in [-0.05, 0) is 48.4 Å². The number of halogens is 1. The number of carbonyl (C=O) groups excluding carboxylic acids is 1. The lowest BCUT2D eigenvalue weighted by Crippen LogP contribution is -2.29. The van der Waals surface area contributed by atoms with E-state index in [-0.39, 0.29) is 11.7 Å². The van der Waals surface area contributed by atoms with Gasteiger partial charge in [-0.25, -0.2) is 4.39 Å². The normalized spacial score (nSPS) is 13.2. The highest BCUT2D eigenvalue weighted by Gasteiger charge is 2.25. The van der Waals surface area contributed by atoms with Crippen LogP contribution in [0.25, 0.3) is 0 Å². The summed E-state index contributed by atoms with van der Waals surface area (Å²) in [5.74, 6) is -0.290. The summed E-state index contributed by atoms with van der Waals surface area (Å²) in [7, 11) is 3.88. The van der Waals surface area contributed by atoms with Crippen LogP contribution in [0.15, 0.2) is 42.5 Å². The van der Waals surface area contributed by atoms with E-state index in [9.17, 15) is 9.18 Å². The molecule has 0 fully saturated rings. The van der Waals surface area contributed by atoms with Crippen LogP contribution in [0.4, 0.5) is 15.8 Å². The van der Waals surface area contributed by atoms with E-state index >= 15 is 0 Å². The Hall–Kier alpha value is -2.36. The Morgan fingerprint density at radius 2 is 2.00 bits per heavy atom. The molecule has 0 saturated carbocycles. The standard InChI is InChI=1S/C17H17FN2O/c1-19(2)15-5-3-4-13(11-15)17(21)20-9-8-12-10-14(18)6-7-16(12)20/h3-7,10-11H,8-9H2,1-2H3. The highest BCUT2D eigenvalue weighted by atomic mass is 19.1. The second kappa shape index (κ2) is 5.20. The summed E-state index contributed by atoms with van der Waals surface area (Å²) in [6.45, 7) is 0.601. The summed E-state index contributed by atoms with van der Waals surface area (Å²) in [5, 5.41) is 0. The van der Waals surface area contributed by atoms with Gasteiger partial charge in [0.1, 0.15) is 5.82 Å². The predicted molar refractivity (Wildman–Crippen MR) is 82.5 cm³/mol. The Kier molecular flexibility index (Phi) is 3.37. The smallest absolute Gasteiger partial charge is 0.258 e. The van der Waals surface area contributed by atoms with Crippen LogP contribution in [-0.4, -0.2) is 26.5 Å². The summed E-state index contributed by atoms with van der Waals surface area (Å²) in [6, 6.07) is 12.1. The molecule has 2 aromatic rings. The van der Waals surface area contributed by atoms with Crippen molar-refractivity contribution in [2.45, 2.75) is 6.42 Å². The third-order valence-corrected chi connectivity index (χ3v) is 3.79. The highest BCUT2D eigenvalue weighted by Crippen LogP contribution is 2.30. The van der Waals surface area contributed by atoms with Gasteiger partial charge in [-0.3, -0.25) is 4.79 Å². The van der Waals surface area contributed by atoms with Crippen molar-refractivity contribution in [1.82, 2.24) is 0 Å². The van der Waals surface area contributed by atoms with Crippen LogP contribution >= 0.6 is 0 Å². The van der Waals surface area contributed by atoms with E-state index in [0.717, 1.165) is 16.9 Å². The zero-order chi connectivity index (χ0) is 15.0. The minimum absolute atomic E-state index is 0.0379. The van der Waals surface area contributed by atoms with E-state index in [4.69, 9.17) is 0 Å². The fraction of sp³-hybridized carbons (Fsp3) is 0.235. The van der Waals surface area contributed by atoms with Crippen molar-refractivity contribution in [2.75, 3.05) is 30.4 Å². The number of benzene rings is 2. The first-order chi connectivity index (χ1) is 10.1. The number of carbonyl (C=O) groups is 1. The van der Waals surface area contributed by atoms with Crippen molar-refractivity contribution in [3.8, 4) is 0 Å². The number of nitrogens with zero attached hydrogens (tertiary/aromatic N) is 2. The van der Waals surface area contributed by atoms with Crippen LogP contribution in [0.2, 0.25) is 0 Å². The summed E-state index contributed by atoms with van der Waals surface area (Å²) >= 11 is 0. The van der Waals surface area contributed by atoms with Crippen molar-refractivity contribution < 1.29 is 9.18 Å². The Bertz CT molecular complexity index is 697. The summed E-state index contributed by atoms with van der Waals surface area (Å²) in [5.41, 5.74) is 3.35. The summed E-state index contributed by atoms with van der Waals surface area (Å²) in [4.78, 5) is 16.4. The van der Waals surface area contributed by atoms with Gasteiger partial charge in [0.2, 0.25) is 0 Å². The van der Waals surface area contributed by atoms with E-state index in [0.29, 0.717) is 18.5 Å². The molecule has 0 unspecified atom stereocenters. The molecule has 0 saturated heterocycles. The maximum absolute atomic E-state index is 13.2. The van der Waals surface area contributed by atoms with E-state index in [2.05, 4.69) is 0 Å². The molecular weight excluding hydrogens is 267 g/mol. The van der Waals surface area contributed by atoms with Crippen LogP contribution in [-0.2, 0) is 6.42 Å². The first kappa shape index (κ1) is 13.6. The molecule has 108 valence electrons. The van der Waals surface area contributed by atoms with Gasteiger partial charge in [-0.1, -0.05) is 6.07 Å². The van der Waals surface area contributed by atoms with Crippen LogP contribution in [0.3, 0.4) is 0 Å². The van der Waals surface area contributed by atoms with Gasteiger partial charge in [0.05, 0.1) is 0 Å². The molecule has 1 aliphatic heterocycles. The van der Waals surface area contributed by atoms with Gasteiger partial charge >= 0.3 is 0 Å². The predicted octanol–water partition coefficient (Wildman–Crippen LogP) is 3.09. The van der Waals surface area contributed by atoms with Crippen LogP contribution in [0.5, 0.6) is 0 Å². The molecule has 0 bridgehead atoms. The maximum Gasteiger partial charge on any atom is 0.258 e. The van der Waals surface area contributed by atoms with E-state index in [1.165, 1.54) is 12.1 Å². The zero-order valence-corrected chi connectivity index (χ0v) is 12.1. The van der Waals surface area contributed by atoms with Gasteiger partial charge < -0.3 is 9.80 Å². The van der Waals surface area contributed by atoms with E-state index < -0.39 is 0 Å². The number of anilines is 2. The average Bonchev–Trinajstić information content (AvgIpc) is 2.89. The van der Waals surface area contributed by atoms with Crippen LogP contribution in [0, 0.1) is 5.82 Å². The van der Waals surface area contributed by atoms with Crippen molar-refractivity contribution >= 4 is 17.3 Å². The molecular formula is C17H17FN2O. The monoisotopic (exact) mass is 284 g/mol. The number of hydrogen-bond donors (Lipinski definition) is 0. The first-order valence-electron chi connectivity index (χ1n) is 6.94. The minimum atomic E-state index is -0.252. The number of rotatable bonds is 2. The Morgan fingerprint density at radius 3 is 2.76 bits per heavy atom. The summed E-state index contributed by atoms with van der Waals surface area (Å²) < 4.78 is 13.2. The molecule has 4 heteroatoms. The molecule has 0 spiro atoms. The second-order valence-electron chi connectivity index (χ2n) is 5.42. The minimum Gasteiger partial charge on any atom is -0.378 e. The Labute approximate surface area is 123 Å². The molecule has 1 aliphatic rings. The van der Waals surface area contributed by atoms with Gasteiger partial charge in [0.25, 0.3) is 5.91 Å². The van der Waals surface area contributed by atoms with E-state index in [1.54, 1.807) is 11.0 Å². The maximum atomic E-state index is 13.2. The van der Waals surface area contributed by atoms with Crippen molar-refractivity contribution in [3.05, 3.63) is 59.4 Å². The van der Waals surface area contributed by atoms with Crippen LogP contribution < -0.4 is 9.80 Å². The molecule has 0 atom stereocenters. The van der Waals surface area contributed by atoms with Gasteiger partial charge in [0, 0.05) is 37.6 Å².